The zero-order valence-corrected chi connectivity index (χ0v) is 17.9. The maximum atomic E-state index is 12.9. The van der Waals surface area contributed by atoms with Gasteiger partial charge in [-0.3, -0.25) is 14.6 Å². The van der Waals surface area contributed by atoms with Crippen LogP contribution in [0.2, 0.25) is 0 Å². The van der Waals surface area contributed by atoms with Crippen LogP contribution in [0.15, 0.2) is 91.1 Å². The summed E-state index contributed by atoms with van der Waals surface area (Å²) < 4.78 is 0. The summed E-state index contributed by atoms with van der Waals surface area (Å²) in [6.07, 6.45) is 4.84. The molecule has 0 saturated heterocycles. The van der Waals surface area contributed by atoms with Gasteiger partial charge in [-0.15, -0.1) is 0 Å². The molecule has 1 aromatic heterocycles. The number of hydrogen-bond donors (Lipinski definition) is 1. The van der Waals surface area contributed by atoms with Crippen LogP contribution in [-0.4, -0.2) is 23.8 Å². The number of anilines is 2. The van der Waals surface area contributed by atoms with E-state index in [9.17, 15) is 9.59 Å². The molecule has 0 saturated carbocycles. The number of para-hydroxylation sites is 1. The van der Waals surface area contributed by atoms with Crippen molar-refractivity contribution < 1.29 is 9.59 Å². The second-order valence-electron chi connectivity index (χ2n) is 7.53. The number of rotatable bonds is 5. The Morgan fingerprint density at radius 1 is 0.938 bits per heavy atom. The smallest absolute Gasteiger partial charge is 0.258 e. The maximum absolute atomic E-state index is 12.9. The van der Waals surface area contributed by atoms with E-state index < -0.39 is 0 Å². The summed E-state index contributed by atoms with van der Waals surface area (Å²) in [5.74, 6) is -0.381. The van der Waals surface area contributed by atoms with Gasteiger partial charge in [-0.2, -0.15) is 0 Å². The van der Waals surface area contributed by atoms with Crippen LogP contribution in [0.4, 0.5) is 11.4 Å². The minimum atomic E-state index is -0.267. The van der Waals surface area contributed by atoms with Crippen molar-refractivity contribution in [2.45, 2.75) is 6.92 Å². The number of benzene rings is 3. The lowest BCUT2D eigenvalue weighted by molar-refractivity contribution is -0.111. The van der Waals surface area contributed by atoms with Gasteiger partial charge in [-0.05, 0) is 60.5 Å². The Morgan fingerprint density at radius 3 is 2.56 bits per heavy atom. The number of hydrogen-bond acceptors (Lipinski definition) is 3. The van der Waals surface area contributed by atoms with Gasteiger partial charge in [0.15, 0.2) is 0 Å². The van der Waals surface area contributed by atoms with Crippen LogP contribution in [0.1, 0.15) is 21.5 Å². The minimum Gasteiger partial charge on any atom is -0.321 e. The highest BCUT2D eigenvalue weighted by Gasteiger charge is 2.13. The normalized spacial score (nSPS) is 10.9. The van der Waals surface area contributed by atoms with Gasteiger partial charge in [0.05, 0.1) is 11.2 Å². The molecule has 1 heterocycles. The van der Waals surface area contributed by atoms with Crippen molar-refractivity contribution in [3.8, 4) is 0 Å². The zero-order chi connectivity index (χ0) is 22.5. The highest BCUT2D eigenvalue weighted by atomic mass is 16.2. The summed E-state index contributed by atoms with van der Waals surface area (Å²) in [7, 11) is 1.76. The molecule has 0 radical (unpaired) electrons. The molecule has 158 valence electrons. The predicted molar refractivity (Wildman–Crippen MR) is 130 cm³/mol. The van der Waals surface area contributed by atoms with Gasteiger partial charge in [0.2, 0.25) is 5.91 Å². The fraction of sp³-hybridized carbons (Fsp3) is 0.0741. The van der Waals surface area contributed by atoms with Crippen LogP contribution in [0.25, 0.3) is 17.0 Å². The van der Waals surface area contributed by atoms with Crippen LogP contribution < -0.4 is 10.2 Å². The number of carbonyl (C=O) groups excluding carboxylic acids is 2. The number of nitrogens with zero attached hydrogens (tertiary/aromatic N) is 2. The lowest BCUT2D eigenvalue weighted by atomic mass is 10.1. The number of fused-ring (bicyclic) bond motifs is 1. The standard InChI is InChI=1S/C27H23N3O2/c1-19-7-3-12-23(17-19)30(2)27(32)22-10-4-8-20(18-22)14-15-25(31)29-24-13-5-9-21-11-6-16-28-26(21)24/h3-18H,1-2H3,(H,29,31)/b15-14+. The summed E-state index contributed by atoms with van der Waals surface area (Å²) in [4.78, 5) is 31.4. The van der Waals surface area contributed by atoms with Gasteiger partial charge < -0.3 is 10.2 Å². The second-order valence-corrected chi connectivity index (χ2v) is 7.53. The molecule has 0 fully saturated rings. The Kier molecular flexibility index (Phi) is 6.08. The Labute approximate surface area is 187 Å². The van der Waals surface area contributed by atoms with Crippen molar-refractivity contribution in [2.75, 3.05) is 17.3 Å². The molecule has 5 heteroatoms. The fourth-order valence-electron chi connectivity index (χ4n) is 3.47. The van der Waals surface area contributed by atoms with Crippen LogP contribution in [0.3, 0.4) is 0 Å². The first kappa shape index (κ1) is 21.0. The van der Waals surface area contributed by atoms with Gasteiger partial charge in [-0.1, -0.05) is 42.5 Å². The molecule has 4 rings (SSSR count). The number of aryl methyl sites for hydroxylation is 1. The number of amides is 2. The van der Waals surface area contributed by atoms with E-state index in [4.69, 9.17) is 0 Å². The van der Waals surface area contributed by atoms with Crippen LogP contribution >= 0.6 is 0 Å². The van der Waals surface area contributed by atoms with Gasteiger partial charge in [0.1, 0.15) is 0 Å². The molecule has 0 unspecified atom stereocenters. The Bertz CT molecular complexity index is 1320. The first-order valence-electron chi connectivity index (χ1n) is 10.3. The predicted octanol–water partition coefficient (Wildman–Crippen LogP) is 5.47. The third-order valence-electron chi connectivity index (χ3n) is 5.14. The molecule has 32 heavy (non-hydrogen) atoms. The van der Waals surface area contributed by atoms with Crippen molar-refractivity contribution in [3.05, 3.63) is 108 Å². The van der Waals surface area contributed by atoms with Gasteiger partial charge in [0.25, 0.3) is 5.91 Å². The van der Waals surface area contributed by atoms with Crippen LogP contribution in [0, 0.1) is 6.92 Å². The molecule has 0 aliphatic rings. The highest BCUT2D eigenvalue weighted by molar-refractivity contribution is 6.07. The molecule has 0 bridgehead atoms. The molecule has 0 aliphatic heterocycles. The lowest BCUT2D eigenvalue weighted by Crippen LogP contribution is -2.26. The first-order chi connectivity index (χ1) is 15.5. The molecular formula is C27H23N3O2. The number of nitrogens with one attached hydrogen (secondary N) is 1. The minimum absolute atomic E-state index is 0.114. The summed E-state index contributed by atoms with van der Waals surface area (Å²) in [5, 5.41) is 3.83. The number of pyridine rings is 1. The summed E-state index contributed by atoms with van der Waals surface area (Å²) in [6, 6.07) is 24.5. The van der Waals surface area contributed by atoms with Gasteiger partial charge >= 0.3 is 0 Å². The van der Waals surface area contributed by atoms with Crippen molar-refractivity contribution >= 4 is 40.2 Å². The van der Waals surface area contributed by atoms with E-state index in [-0.39, 0.29) is 11.8 Å². The molecule has 5 nitrogen and oxygen atoms in total. The third kappa shape index (κ3) is 4.73. The second kappa shape index (κ2) is 9.27. The molecule has 3 aromatic carbocycles. The van der Waals surface area contributed by atoms with E-state index in [0.29, 0.717) is 11.3 Å². The van der Waals surface area contributed by atoms with Crippen molar-refractivity contribution in [3.63, 3.8) is 0 Å². The average Bonchev–Trinajstić information content (AvgIpc) is 2.82. The van der Waals surface area contributed by atoms with Crippen molar-refractivity contribution in [1.29, 1.82) is 0 Å². The van der Waals surface area contributed by atoms with E-state index in [1.165, 1.54) is 6.08 Å². The highest BCUT2D eigenvalue weighted by Crippen LogP contribution is 2.21. The largest absolute Gasteiger partial charge is 0.321 e. The molecule has 2 amide bonds. The van der Waals surface area contributed by atoms with E-state index >= 15 is 0 Å². The van der Waals surface area contributed by atoms with E-state index in [2.05, 4.69) is 10.3 Å². The van der Waals surface area contributed by atoms with E-state index in [0.717, 1.165) is 27.7 Å². The van der Waals surface area contributed by atoms with E-state index in [1.54, 1.807) is 36.4 Å². The third-order valence-corrected chi connectivity index (χ3v) is 5.14. The fourth-order valence-corrected chi connectivity index (χ4v) is 3.47. The average molecular weight is 422 g/mol. The Hall–Kier alpha value is -4.25. The quantitative estimate of drug-likeness (QED) is 0.435. The molecule has 0 atom stereocenters. The van der Waals surface area contributed by atoms with Crippen molar-refractivity contribution in [2.24, 2.45) is 0 Å². The van der Waals surface area contributed by atoms with Crippen molar-refractivity contribution in [1.82, 2.24) is 4.98 Å². The van der Waals surface area contributed by atoms with Crippen LogP contribution in [0.5, 0.6) is 0 Å². The molecule has 0 aliphatic carbocycles. The molecule has 1 N–H and O–H groups in total. The first-order valence-corrected chi connectivity index (χ1v) is 10.3. The summed E-state index contributed by atoms with van der Waals surface area (Å²) in [5.41, 5.74) is 4.63. The van der Waals surface area contributed by atoms with Crippen LogP contribution in [-0.2, 0) is 4.79 Å². The molecule has 0 spiro atoms. The van der Waals surface area contributed by atoms with Gasteiger partial charge in [0, 0.05) is 36.0 Å². The summed E-state index contributed by atoms with van der Waals surface area (Å²) in [6.45, 7) is 1.99. The Morgan fingerprint density at radius 2 is 1.72 bits per heavy atom. The monoisotopic (exact) mass is 421 g/mol. The maximum Gasteiger partial charge on any atom is 0.258 e. The SMILES string of the molecule is Cc1cccc(N(C)C(=O)c2cccc(/C=C/C(=O)Nc3cccc4cccnc34)c2)c1. The molecule has 4 aromatic rings. The summed E-state index contributed by atoms with van der Waals surface area (Å²) >= 11 is 0. The van der Waals surface area contributed by atoms with Gasteiger partial charge in [-0.25, -0.2) is 0 Å². The zero-order valence-electron chi connectivity index (χ0n) is 17.9. The molecular weight excluding hydrogens is 398 g/mol. The Balaban J connectivity index is 1.48. The lowest BCUT2D eigenvalue weighted by Gasteiger charge is -2.18. The van der Waals surface area contributed by atoms with E-state index in [1.807, 2.05) is 73.7 Å². The number of carbonyl (C=O) groups is 2. The number of aromatic nitrogens is 1. The topological polar surface area (TPSA) is 62.3 Å².